The summed E-state index contributed by atoms with van der Waals surface area (Å²) < 4.78 is 10.4. The highest BCUT2D eigenvalue weighted by Crippen LogP contribution is 2.48. The summed E-state index contributed by atoms with van der Waals surface area (Å²) in [6.07, 6.45) is 2.31. The lowest BCUT2D eigenvalue weighted by molar-refractivity contribution is -0.146. The van der Waals surface area contributed by atoms with Crippen LogP contribution >= 0.6 is 23.5 Å². The fourth-order valence-electron chi connectivity index (χ4n) is 6.78. The number of rotatable bonds is 17. The fraction of sp³-hybridized carbons (Fsp3) is 0.333. The number of alkyl carbamates (subject to hydrolysis) is 1. The van der Waals surface area contributed by atoms with E-state index in [9.17, 15) is 9.59 Å². The Hall–Kier alpha value is -4.44. The van der Waals surface area contributed by atoms with E-state index in [2.05, 4.69) is 125 Å². The largest absolute Gasteiger partial charge is 0.468 e. The van der Waals surface area contributed by atoms with Crippen molar-refractivity contribution in [3.8, 4) is 0 Å². The van der Waals surface area contributed by atoms with E-state index < -0.39 is 16.4 Å². The van der Waals surface area contributed by atoms with Gasteiger partial charge in [-0.2, -0.15) is 11.8 Å². The molecule has 0 heterocycles. The van der Waals surface area contributed by atoms with Gasteiger partial charge in [-0.05, 0) is 80.0 Å². The predicted molar refractivity (Wildman–Crippen MR) is 228 cm³/mol. The van der Waals surface area contributed by atoms with E-state index in [1.165, 1.54) is 7.11 Å². The Morgan fingerprint density at radius 3 is 1.85 bits per heavy atom. The van der Waals surface area contributed by atoms with E-state index >= 15 is 0 Å². The van der Waals surface area contributed by atoms with Gasteiger partial charge in [-0.3, -0.25) is 9.69 Å². The van der Waals surface area contributed by atoms with Gasteiger partial charge in [-0.1, -0.05) is 121 Å². The summed E-state index contributed by atoms with van der Waals surface area (Å²) in [4.78, 5) is 28.1. The van der Waals surface area contributed by atoms with Crippen molar-refractivity contribution in [3.63, 3.8) is 0 Å². The molecule has 7 nitrogen and oxygen atoms in total. The van der Waals surface area contributed by atoms with E-state index in [0.29, 0.717) is 25.3 Å². The van der Waals surface area contributed by atoms with Gasteiger partial charge in [0.2, 0.25) is 0 Å². The van der Waals surface area contributed by atoms with Gasteiger partial charge in [0.15, 0.2) is 0 Å². The van der Waals surface area contributed by atoms with E-state index in [-0.39, 0.29) is 18.1 Å². The molecular weight excluding hydrogens is 711 g/mol. The van der Waals surface area contributed by atoms with Crippen LogP contribution in [0.4, 0.5) is 10.5 Å². The maximum absolute atomic E-state index is 13.4. The zero-order chi connectivity index (χ0) is 38.6. The van der Waals surface area contributed by atoms with Crippen LogP contribution in [0.3, 0.4) is 0 Å². The first-order valence-corrected chi connectivity index (χ1v) is 20.7. The smallest absolute Gasteiger partial charge is 0.407 e. The van der Waals surface area contributed by atoms with Crippen molar-refractivity contribution >= 4 is 52.0 Å². The number of carbonyl (C=O) groups is 2. The Bertz CT molecular complexity index is 1840. The molecule has 0 spiro atoms. The number of esters is 1. The molecule has 0 saturated carbocycles. The lowest BCUT2D eigenvalue weighted by Gasteiger charge is -2.37. The van der Waals surface area contributed by atoms with Crippen molar-refractivity contribution in [2.45, 2.75) is 56.2 Å². The third kappa shape index (κ3) is 10.4. The second-order valence-electron chi connectivity index (χ2n) is 14.4. The van der Waals surface area contributed by atoms with Crippen molar-refractivity contribution in [2.24, 2.45) is 0 Å². The van der Waals surface area contributed by atoms with Gasteiger partial charge in [0.25, 0.3) is 0 Å². The number of benzene rings is 5. The van der Waals surface area contributed by atoms with Crippen LogP contribution in [0.5, 0.6) is 0 Å². The van der Waals surface area contributed by atoms with E-state index in [1.807, 2.05) is 52.3 Å². The minimum absolute atomic E-state index is 0.216. The third-order valence-electron chi connectivity index (χ3n) is 9.33. The highest BCUT2D eigenvalue weighted by atomic mass is 32.2. The zero-order valence-corrected chi connectivity index (χ0v) is 33.8. The van der Waals surface area contributed by atoms with Crippen LogP contribution in [0.25, 0.3) is 10.8 Å². The number of anilines is 1. The first-order chi connectivity index (χ1) is 26.1. The molecular formula is C45H53N3O4S2. The number of nitrogens with one attached hydrogen (secondary N) is 2. The lowest BCUT2D eigenvalue weighted by atomic mass is 9.84. The van der Waals surface area contributed by atoms with Gasteiger partial charge in [-0.25, -0.2) is 4.79 Å². The summed E-state index contributed by atoms with van der Waals surface area (Å²) in [7, 11) is 3.43. The molecule has 0 radical (unpaired) electrons. The highest BCUT2D eigenvalue weighted by molar-refractivity contribution is 8.00. The minimum atomic E-state index is -0.640. The molecule has 0 fully saturated rings. The number of ether oxygens (including phenoxy) is 2. The molecule has 0 unspecified atom stereocenters. The number of thioether (sulfide) groups is 2. The molecule has 0 aliphatic rings. The molecule has 0 aliphatic heterocycles. The van der Waals surface area contributed by atoms with Crippen molar-refractivity contribution in [3.05, 3.63) is 150 Å². The Morgan fingerprint density at radius 1 is 0.759 bits per heavy atom. The van der Waals surface area contributed by atoms with Gasteiger partial charge in [-0.15, -0.1) is 11.8 Å². The van der Waals surface area contributed by atoms with Crippen LogP contribution in [0.2, 0.25) is 0 Å². The number of likely N-dealkylation sites (N-methyl/N-ethyl adjacent to an activating group) is 1. The molecule has 0 bridgehead atoms. The molecule has 5 aromatic rings. The minimum Gasteiger partial charge on any atom is -0.468 e. The number of amides is 1. The first-order valence-electron chi connectivity index (χ1n) is 18.4. The number of fused-ring (bicyclic) bond motifs is 1. The van der Waals surface area contributed by atoms with Gasteiger partial charge >= 0.3 is 12.1 Å². The molecule has 2 N–H and O–H groups in total. The number of nitrogens with zero attached hydrogens (tertiary/aromatic N) is 1. The Balaban J connectivity index is 1.46. The SMILES string of the molecule is COC(=O)[C@H](CCSC)N(C)Cc1cccc2c(NC[C@H](CSC(c3ccccc3)(c3ccccc3)c3ccccc3)NC(=O)OC(C)(C)C)cccc12. The molecule has 1 amide bonds. The standard InChI is InChI=1S/C45H53N3O4S2/c1-44(2,3)52-43(50)47-37(32-54-45(34-19-10-7-11-20-34,35-21-12-8-13-22-35)36-23-14-9-15-24-36)30-46-40-27-17-25-38-33(18-16-26-39(38)40)31-48(4)41(28-29-53-6)42(49)51-5/h7-27,37,41,46H,28-32H2,1-6H3,(H,47,50)/t37-,41+/m1/s1. The number of hydrogen-bond acceptors (Lipinski definition) is 8. The number of carbonyl (C=O) groups excluding carboxylic acids is 2. The molecule has 0 saturated heterocycles. The zero-order valence-electron chi connectivity index (χ0n) is 32.2. The van der Waals surface area contributed by atoms with Crippen molar-refractivity contribution in [1.29, 1.82) is 0 Å². The van der Waals surface area contributed by atoms with Crippen LogP contribution in [0, 0.1) is 0 Å². The van der Waals surface area contributed by atoms with E-state index in [1.54, 1.807) is 23.5 Å². The summed E-state index contributed by atoms with van der Waals surface area (Å²) in [5.74, 6) is 1.23. The van der Waals surface area contributed by atoms with Gasteiger partial charge in [0.1, 0.15) is 11.6 Å². The monoisotopic (exact) mass is 763 g/mol. The normalized spacial score (nSPS) is 12.9. The molecule has 284 valence electrons. The number of methoxy groups -OCH3 is 1. The fourth-order valence-corrected chi connectivity index (χ4v) is 8.80. The summed E-state index contributed by atoms with van der Waals surface area (Å²) in [5, 5.41) is 9.07. The quantitative estimate of drug-likeness (QED) is 0.0717. The number of hydrogen-bond donors (Lipinski definition) is 2. The topological polar surface area (TPSA) is 79.9 Å². The second kappa shape index (κ2) is 19.2. The third-order valence-corrected chi connectivity index (χ3v) is 11.7. The van der Waals surface area contributed by atoms with Crippen molar-refractivity contribution < 1.29 is 19.1 Å². The van der Waals surface area contributed by atoms with Crippen LogP contribution < -0.4 is 10.6 Å². The Morgan fingerprint density at radius 2 is 1.31 bits per heavy atom. The van der Waals surface area contributed by atoms with E-state index in [0.717, 1.165) is 44.5 Å². The average molecular weight is 764 g/mol. The first kappa shape index (κ1) is 40.7. The predicted octanol–water partition coefficient (Wildman–Crippen LogP) is 9.60. The summed E-state index contributed by atoms with van der Waals surface area (Å²) in [6.45, 7) is 6.68. The van der Waals surface area contributed by atoms with Crippen LogP contribution in [0.1, 0.15) is 49.4 Å². The van der Waals surface area contributed by atoms with Crippen LogP contribution in [0.15, 0.2) is 127 Å². The average Bonchev–Trinajstić information content (AvgIpc) is 3.17. The Kier molecular flexibility index (Phi) is 14.5. The molecule has 9 heteroatoms. The maximum atomic E-state index is 13.4. The lowest BCUT2D eigenvalue weighted by Crippen LogP contribution is -2.45. The molecule has 0 aromatic heterocycles. The van der Waals surface area contributed by atoms with Gasteiger partial charge < -0.3 is 20.1 Å². The van der Waals surface area contributed by atoms with Crippen LogP contribution in [-0.2, 0) is 25.6 Å². The summed E-state index contributed by atoms with van der Waals surface area (Å²) in [5.41, 5.74) is 4.92. The molecule has 54 heavy (non-hydrogen) atoms. The van der Waals surface area contributed by atoms with Crippen molar-refractivity contribution in [2.75, 3.05) is 43.8 Å². The van der Waals surface area contributed by atoms with E-state index in [4.69, 9.17) is 9.47 Å². The maximum Gasteiger partial charge on any atom is 0.407 e. The molecule has 5 rings (SSSR count). The van der Waals surface area contributed by atoms with Crippen LogP contribution in [-0.4, -0.2) is 73.1 Å². The highest BCUT2D eigenvalue weighted by Gasteiger charge is 2.38. The summed E-state index contributed by atoms with van der Waals surface area (Å²) in [6, 6.07) is 43.6. The molecule has 5 aromatic carbocycles. The Labute approximate surface area is 329 Å². The van der Waals surface area contributed by atoms with Crippen molar-refractivity contribution in [1.82, 2.24) is 10.2 Å². The summed E-state index contributed by atoms with van der Waals surface area (Å²) >= 11 is 3.52. The molecule has 2 atom stereocenters. The molecule has 0 aliphatic carbocycles. The van der Waals surface area contributed by atoms with Gasteiger partial charge in [0.05, 0.1) is 17.9 Å². The second-order valence-corrected chi connectivity index (χ2v) is 16.6. The van der Waals surface area contributed by atoms with Gasteiger partial charge in [0, 0.05) is 29.9 Å².